The van der Waals surface area contributed by atoms with Crippen LogP contribution in [0.5, 0.6) is 0 Å². The number of hydrogen-bond acceptors (Lipinski definition) is 3. The minimum Gasteiger partial charge on any atom is -0.481 e. The van der Waals surface area contributed by atoms with Crippen LogP contribution >= 0.6 is 0 Å². The van der Waals surface area contributed by atoms with Gasteiger partial charge in [-0.3, -0.25) is 9.59 Å². The first-order chi connectivity index (χ1) is 11.5. The molecule has 0 aliphatic carbocycles. The molecule has 5 nitrogen and oxygen atoms in total. The Balaban J connectivity index is 2.25. The molecule has 6 heteroatoms. The van der Waals surface area contributed by atoms with Crippen molar-refractivity contribution in [2.24, 2.45) is 0 Å². The normalized spacial score (nSPS) is 10.4. The summed E-state index contributed by atoms with van der Waals surface area (Å²) in [5.74, 6) is -1.56. The Morgan fingerprint density at radius 2 is 1.83 bits per heavy atom. The Labute approximate surface area is 139 Å². The molecule has 0 fully saturated rings. The Hall–Kier alpha value is -2.73. The van der Waals surface area contributed by atoms with Crippen LogP contribution in [0.3, 0.4) is 0 Å². The Kier molecular flexibility index (Phi) is 6.03. The number of carbonyl (C=O) groups excluding carboxylic acids is 1. The molecule has 0 saturated carbocycles. The molecule has 1 amide bonds. The molecule has 0 atom stereocenters. The number of aliphatic carboxylic acids is 1. The van der Waals surface area contributed by atoms with Crippen molar-refractivity contribution in [1.82, 2.24) is 0 Å². The zero-order valence-corrected chi connectivity index (χ0v) is 13.2. The van der Waals surface area contributed by atoms with Crippen molar-refractivity contribution in [2.45, 2.75) is 13.0 Å². The maximum atomic E-state index is 13.4. The number of carboxylic acids is 1. The summed E-state index contributed by atoms with van der Waals surface area (Å²) in [6, 6.07) is 12.7. The number of hydrogen-bond donors (Lipinski definition) is 1. The Morgan fingerprint density at radius 1 is 1.12 bits per heavy atom. The van der Waals surface area contributed by atoms with E-state index in [2.05, 4.69) is 0 Å². The van der Waals surface area contributed by atoms with Gasteiger partial charge in [-0.1, -0.05) is 24.3 Å². The molecule has 2 aromatic carbocycles. The number of carbonyl (C=O) groups is 2. The smallest absolute Gasteiger partial charge is 0.307 e. The van der Waals surface area contributed by atoms with Crippen LogP contribution in [0, 0.1) is 5.82 Å². The van der Waals surface area contributed by atoms with Crippen molar-refractivity contribution in [3.05, 3.63) is 65.5 Å². The van der Waals surface area contributed by atoms with Gasteiger partial charge in [0, 0.05) is 12.8 Å². The lowest BCUT2D eigenvalue weighted by Gasteiger charge is -2.23. The van der Waals surface area contributed by atoms with Gasteiger partial charge in [0.15, 0.2) is 0 Å². The zero-order chi connectivity index (χ0) is 17.5. The van der Waals surface area contributed by atoms with Crippen molar-refractivity contribution in [1.29, 1.82) is 0 Å². The highest BCUT2D eigenvalue weighted by Crippen LogP contribution is 2.19. The third-order valence-electron chi connectivity index (χ3n) is 3.40. The summed E-state index contributed by atoms with van der Waals surface area (Å²) in [6.07, 6.45) is -0.0871. The van der Waals surface area contributed by atoms with Gasteiger partial charge in [-0.2, -0.15) is 0 Å². The van der Waals surface area contributed by atoms with Crippen LogP contribution in [0.25, 0.3) is 0 Å². The summed E-state index contributed by atoms with van der Waals surface area (Å²) in [5.41, 5.74) is 1.88. The fourth-order valence-corrected chi connectivity index (χ4v) is 2.31. The molecule has 0 heterocycles. The SMILES string of the molecule is COCC(=O)N(Cc1cccc(F)c1)c1ccc(CC(=O)O)cc1. The number of anilines is 1. The molecule has 2 rings (SSSR count). The van der Waals surface area contributed by atoms with E-state index in [0.717, 1.165) is 0 Å². The lowest BCUT2D eigenvalue weighted by molar-refractivity contribution is -0.136. The summed E-state index contributed by atoms with van der Waals surface area (Å²) in [6.45, 7) is 0.0877. The van der Waals surface area contributed by atoms with Gasteiger partial charge >= 0.3 is 5.97 Å². The summed E-state index contributed by atoms with van der Waals surface area (Å²) in [7, 11) is 1.42. The van der Waals surface area contributed by atoms with Crippen molar-refractivity contribution in [2.75, 3.05) is 18.6 Å². The molecule has 2 aromatic rings. The van der Waals surface area contributed by atoms with E-state index in [0.29, 0.717) is 16.8 Å². The molecule has 0 saturated heterocycles. The van der Waals surface area contributed by atoms with Crippen LogP contribution < -0.4 is 4.90 Å². The molecule has 126 valence electrons. The Bertz CT molecular complexity index is 715. The maximum absolute atomic E-state index is 13.4. The average Bonchev–Trinajstić information content (AvgIpc) is 2.53. The van der Waals surface area contributed by atoms with E-state index in [1.807, 2.05) is 0 Å². The first-order valence-corrected chi connectivity index (χ1v) is 7.34. The van der Waals surface area contributed by atoms with Crippen molar-refractivity contribution < 1.29 is 23.8 Å². The van der Waals surface area contributed by atoms with E-state index >= 15 is 0 Å². The van der Waals surface area contributed by atoms with Gasteiger partial charge in [0.2, 0.25) is 0 Å². The van der Waals surface area contributed by atoms with Crippen LogP contribution in [-0.4, -0.2) is 30.7 Å². The molecule has 1 N–H and O–H groups in total. The Morgan fingerprint density at radius 3 is 2.42 bits per heavy atom. The van der Waals surface area contributed by atoms with E-state index in [9.17, 15) is 14.0 Å². The number of rotatable bonds is 7. The molecule has 0 aliphatic rings. The second kappa shape index (κ2) is 8.21. The molecule has 0 aromatic heterocycles. The topological polar surface area (TPSA) is 66.8 Å². The number of methoxy groups -OCH3 is 1. The number of benzene rings is 2. The number of carboxylic acid groups (broad SMARTS) is 1. The lowest BCUT2D eigenvalue weighted by atomic mass is 10.1. The van der Waals surface area contributed by atoms with E-state index < -0.39 is 5.97 Å². The highest BCUT2D eigenvalue weighted by atomic mass is 19.1. The molecule has 0 bridgehead atoms. The fraction of sp³-hybridized carbons (Fsp3) is 0.222. The second-order valence-corrected chi connectivity index (χ2v) is 5.28. The highest BCUT2D eigenvalue weighted by Gasteiger charge is 2.16. The van der Waals surface area contributed by atoms with Crippen LogP contribution in [0.15, 0.2) is 48.5 Å². The summed E-state index contributed by atoms with van der Waals surface area (Å²) in [5, 5.41) is 8.81. The van der Waals surface area contributed by atoms with E-state index in [4.69, 9.17) is 9.84 Å². The number of nitrogens with zero attached hydrogens (tertiary/aromatic N) is 1. The van der Waals surface area contributed by atoms with Gasteiger partial charge in [0.25, 0.3) is 5.91 Å². The minimum atomic E-state index is -0.921. The summed E-state index contributed by atoms with van der Waals surface area (Å²) < 4.78 is 18.3. The van der Waals surface area contributed by atoms with Gasteiger partial charge in [0.1, 0.15) is 12.4 Å². The van der Waals surface area contributed by atoms with Crippen LogP contribution in [-0.2, 0) is 27.3 Å². The molecule has 0 unspecified atom stereocenters. The number of halogens is 1. The largest absolute Gasteiger partial charge is 0.481 e. The van der Waals surface area contributed by atoms with Gasteiger partial charge in [-0.05, 0) is 35.4 Å². The van der Waals surface area contributed by atoms with E-state index in [-0.39, 0.29) is 31.3 Å². The zero-order valence-electron chi connectivity index (χ0n) is 13.2. The first kappa shape index (κ1) is 17.6. The third-order valence-corrected chi connectivity index (χ3v) is 3.40. The maximum Gasteiger partial charge on any atom is 0.307 e. The van der Waals surface area contributed by atoms with Gasteiger partial charge in [0.05, 0.1) is 13.0 Å². The molecule has 24 heavy (non-hydrogen) atoms. The summed E-state index contributed by atoms with van der Waals surface area (Å²) >= 11 is 0. The third kappa shape index (κ3) is 4.89. The second-order valence-electron chi connectivity index (χ2n) is 5.28. The number of amides is 1. The van der Waals surface area contributed by atoms with Crippen molar-refractivity contribution in [3.63, 3.8) is 0 Å². The quantitative estimate of drug-likeness (QED) is 0.847. The van der Waals surface area contributed by atoms with Crippen LogP contribution in [0.2, 0.25) is 0 Å². The fourth-order valence-electron chi connectivity index (χ4n) is 2.31. The monoisotopic (exact) mass is 331 g/mol. The predicted octanol–water partition coefficient (Wildman–Crippen LogP) is 2.63. The van der Waals surface area contributed by atoms with Gasteiger partial charge in [-0.15, -0.1) is 0 Å². The summed E-state index contributed by atoms with van der Waals surface area (Å²) in [4.78, 5) is 24.5. The van der Waals surface area contributed by atoms with Gasteiger partial charge < -0.3 is 14.7 Å². The minimum absolute atomic E-state index is 0.0871. The highest BCUT2D eigenvalue weighted by molar-refractivity contribution is 5.94. The molecule has 0 spiro atoms. The average molecular weight is 331 g/mol. The predicted molar refractivity (Wildman–Crippen MR) is 87.2 cm³/mol. The van der Waals surface area contributed by atoms with Crippen LogP contribution in [0.4, 0.5) is 10.1 Å². The molecular formula is C18H18FNO4. The van der Waals surface area contributed by atoms with Crippen molar-refractivity contribution >= 4 is 17.6 Å². The molecular weight excluding hydrogens is 313 g/mol. The van der Waals surface area contributed by atoms with Crippen molar-refractivity contribution in [3.8, 4) is 0 Å². The van der Waals surface area contributed by atoms with Gasteiger partial charge in [-0.25, -0.2) is 4.39 Å². The standard InChI is InChI=1S/C18H18FNO4/c1-24-12-17(21)20(11-14-3-2-4-15(19)9-14)16-7-5-13(6-8-16)10-18(22)23/h2-9H,10-12H2,1H3,(H,22,23). The van der Waals surface area contributed by atoms with E-state index in [1.165, 1.54) is 24.1 Å². The van der Waals surface area contributed by atoms with Crippen LogP contribution in [0.1, 0.15) is 11.1 Å². The van der Waals surface area contributed by atoms with E-state index in [1.54, 1.807) is 36.4 Å². The lowest BCUT2D eigenvalue weighted by Crippen LogP contribution is -2.33. The molecule has 0 radical (unpaired) electrons. The molecule has 0 aliphatic heterocycles. The number of ether oxygens (including phenoxy) is 1. The first-order valence-electron chi connectivity index (χ1n) is 7.34.